The number of pyridine rings is 1. The zero-order chi connectivity index (χ0) is 14.3. The van der Waals surface area contributed by atoms with Crippen LogP contribution in [0.2, 0.25) is 5.02 Å². The number of halogens is 3. The lowest BCUT2D eigenvalue weighted by atomic mass is 10.3. The van der Waals surface area contributed by atoms with E-state index in [0.29, 0.717) is 10.9 Å². The van der Waals surface area contributed by atoms with Gasteiger partial charge in [0.1, 0.15) is 11.3 Å². The number of benzene rings is 1. The average Bonchev–Trinajstić information content (AvgIpc) is 2.76. The molecule has 3 aromatic rings. The molecule has 0 fully saturated rings. The van der Waals surface area contributed by atoms with E-state index in [9.17, 15) is 0 Å². The third-order valence-electron chi connectivity index (χ3n) is 2.97. The van der Waals surface area contributed by atoms with Crippen LogP contribution in [-0.2, 0) is 5.88 Å². The molecule has 3 rings (SSSR count). The number of alkyl halides is 1. The fourth-order valence-corrected chi connectivity index (χ4v) is 3.16. The van der Waals surface area contributed by atoms with Gasteiger partial charge in [0.05, 0.1) is 11.6 Å². The van der Waals surface area contributed by atoms with E-state index in [0.717, 1.165) is 32.7 Å². The Balaban J connectivity index is 2.34. The number of rotatable bonds is 2. The molecule has 0 unspecified atom stereocenters. The molecule has 2 heterocycles. The summed E-state index contributed by atoms with van der Waals surface area (Å²) in [5.41, 5.74) is 3.61. The van der Waals surface area contributed by atoms with E-state index >= 15 is 0 Å². The van der Waals surface area contributed by atoms with Gasteiger partial charge in [-0.1, -0.05) is 11.6 Å². The van der Waals surface area contributed by atoms with Crippen LogP contribution in [0.4, 0.5) is 0 Å². The Bertz CT molecular complexity index is 798. The molecular formula is C14H10BrCl2N3. The van der Waals surface area contributed by atoms with Gasteiger partial charge in [-0.3, -0.25) is 4.57 Å². The Labute approximate surface area is 134 Å². The van der Waals surface area contributed by atoms with Crippen molar-refractivity contribution in [2.75, 3.05) is 0 Å². The van der Waals surface area contributed by atoms with Crippen LogP contribution in [0.25, 0.3) is 16.9 Å². The molecule has 1 aromatic carbocycles. The van der Waals surface area contributed by atoms with Gasteiger partial charge >= 0.3 is 0 Å². The minimum atomic E-state index is 0.310. The van der Waals surface area contributed by atoms with Crippen LogP contribution < -0.4 is 0 Å². The summed E-state index contributed by atoms with van der Waals surface area (Å²) in [6, 6.07) is 7.60. The molecule has 6 heteroatoms. The van der Waals surface area contributed by atoms with Gasteiger partial charge in [-0.25, -0.2) is 9.97 Å². The minimum absolute atomic E-state index is 0.310. The number of nitrogens with zero attached hydrogens (tertiary/aromatic N) is 3. The molecule has 0 aliphatic carbocycles. The maximum atomic E-state index is 6.02. The zero-order valence-corrected chi connectivity index (χ0v) is 13.7. The fraction of sp³-hybridized carbons (Fsp3) is 0.143. The van der Waals surface area contributed by atoms with Crippen molar-refractivity contribution < 1.29 is 0 Å². The zero-order valence-electron chi connectivity index (χ0n) is 10.6. The molecule has 0 spiro atoms. The molecular weight excluding hydrogens is 361 g/mol. The van der Waals surface area contributed by atoms with Crippen LogP contribution in [0.3, 0.4) is 0 Å². The van der Waals surface area contributed by atoms with Gasteiger partial charge in [0.25, 0.3) is 0 Å². The number of aromatic nitrogens is 3. The summed E-state index contributed by atoms with van der Waals surface area (Å²) in [7, 11) is 0. The van der Waals surface area contributed by atoms with E-state index in [-0.39, 0.29) is 0 Å². The first-order chi connectivity index (χ1) is 9.60. The molecule has 0 aliphatic heterocycles. The van der Waals surface area contributed by atoms with E-state index in [1.165, 1.54) is 0 Å². The van der Waals surface area contributed by atoms with Gasteiger partial charge < -0.3 is 0 Å². The van der Waals surface area contributed by atoms with Crippen LogP contribution in [0.15, 0.2) is 34.9 Å². The smallest absolute Gasteiger partial charge is 0.164 e. The highest BCUT2D eigenvalue weighted by Gasteiger charge is 2.15. The van der Waals surface area contributed by atoms with Gasteiger partial charge in [-0.15, -0.1) is 11.6 Å². The van der Waals surface area contributed by atoms with E-state index in [2.05, 4.69) is 25.9 Å². The number of imidazole rings is 1. The summed E-state index contributed by atoms with van der Waals surface area (Å²) in [5, 5.41) is 0.668. The quantitative estimate of drug-likeness (QED) is 0.601. The summed E-state index contributed by atoms with van der Waals surface area (Å²) in [4.78, 5) is 9.02. The predicted molar refractivity (Wildman–Crippen MR) is 85.9 cm³/mol. The second kappa shape index (κ2) is 5.35. The molecule has 0 radical (unpaired) electrons. The highest BCUT2D eigenvalue weighted by atomic mass is 79.9. The number of aryl methyl sites for hydroxylation is 1. The molecule has 0 amide bonds. The monoisotopic (exact) mass is 369 g/mol. The van der Waals surface area contributed by atoms with E-state index in [1.807, 2.05) is 42.0 Å². The largest absolute Gasteiger partial charge is 0.279 e. The molecule has 3 nitrogen and oxygen atoms in total. The van der Waals surface area contributed by atoms with Gasteiger partial charge in [0.2, 0.25) is 0 Å². The molecule has 20 heavy (non-hydrogen) atoms. The first-order valence-electron chi connectivity index (χ1n) is 5.95. The van der Waals surface area contributed by atoms with Gasteiger partial charge in [-0.2, -0.15) is 0 Å². The second-order valence-electron chi connectivity index (χ2n) is 4.45. The summed E-state index contributed by atoms with van der Waals surface area (Å²) in [5.74, 6) is 1.06. The van der Waals surface area contributed by atoms with Gasteiger partial charge in [0.15, 0.2) is 5.65 Å². The van der Waals surface area contributed by atoms with Crippen molar-refractivity contribution in [1.82, 2.24) is 14.5 Å². The summed E-state index contributed by atoms with van der Waals surface area (Å²) >= 11 is 15.5. The van der Waals surface area contributed by atoms with Crippen LogP contribution in [-0.4, -0.2) is 14.5 Å². The summed E-state index contributed by atoms with van der Waals surface area (Å²) in [6.07, 6.45) is 1.82. The SMILES string of the molecule is Cc1cnc2c(c1)nc(CCl)n2-c1ccc(Cl)cc1Br. The van der Waals surface area contributed by atoms with Crippen molar-refractivity contribution in [2.45, 2.75) is 12.8 Å². The summed E-state index contributed by atoms with van der Waals surface area (Å²) in [6.45, 7) is 1.99. The van der Waals surface area contributed by atoms with Gasteiger partial charge in [-0.05, 0) is 52.7 Å². The Morgan fingerprint density at radius 1 is 1.30 bits per heavy atom. The number of hydrogen-bond donors (Lipinski definition) is 0. The lowest BCUT2D eigenvalue weighted by molar-refractivity contribution is 0.965. The molecule has 0 aliphatic rings. The Hall–Kier alpha value is -1.10. The third kappa shape index (κ3) is 2.32. The first kappa shape index (κ1) is 13.9. The fourth-order valence-electron chi connectivity index (χ4n) is 2.12. The van der Waals surface area contributed by atoms with Crippen LogP contribution in [0, 0.1) is 6.92 Å². The second-order valence-corrected chi connectivity index (χ2v) is 6.01. The molecule has 102 valence electrons. The lowest BCUT2D eigenvalue weighted by Gasteiger charge is -2.09. The van der Waals surface area contributed by atoms with Crippen molar-refractivity contribution >= 4 is 50.3 Å². The third-order valence-corrected chi connectivity index (χ3v) is 4.08. The normalized spacial score (nSPS) is 11.2. The number of fused-ring (bicyclic) bond motifs is 1. The highest BCUT2D eigenvalue weighted by molar-refractivity contribution is 9.10. The molecule has 0 saturated carbocycles. The standard InChI is InChI=1S/C14H10BrCl2N3/c1-8-4-11-14(18-7-8)20(13(6-16)19-11)12-3-2-9(17)5-10(12)15/h2-5,7H,6H2,1H3. The predicted octanol–water partition coefficient (Wildman–Crippen LogP) is 4.88. The van der Waals surface area contributed by atoms with E-state index in [4.69, 9.17) is 23.2 Å². The lowest BCUT2D eigenvalue weighted by Crippen LogP contribution is -2.01. The molecule has 0 atom stereocenters. The Kier molecular flexibility index (Phi) is 3.71. The van der Waals surface area contributed by atoms with E-state index < -0.39 is 0 Å². The highest BCUT2D eigenvalue weighted by Crippen LogP contribution is 2.29. The molecule has 0 saturated heterocycles. The Morgan fingerprint density at radius 2 is 2.10 bits per heavy atom. The maximum Gasteiger partial charge on any atom is 0.164 e. The molecule has 2 aromatic heterocycles. The maximum absolute atomic E-state index is 6.02. The Morgan fingerprint density at radius 3 is 2.80 bits per heavy atom. The van der Waals surface area contributed by atoms with E-state index in [1.54, 1.807) is 0 Å². The summed E-state index contributed by atoms with van der Waals surface area (Å²) < 4.78 is 2.82. The van der Waals surface area contributed by atoms with Crippen molar-refractivity contribution in [2.24, 2.45) is 0 Å². The van der Waals surface area contributed by atoms with Crippen molar-refractivity contribution in [3.8, 4) is 5.69 Å². The van der Waals surface area contributed by atoms with Crippen LogP contribution in [0.1, 0.15) is 11.4 Å². The topological polar surface area (TPSA) is 30.7 Å². The molecule has 0 bridgehead atoms. The molecule has 0 N–H and O–H groups in total. The van der Waals surface area contributed by atoms with Crippen LogP contribution in [0.5, 0.6) is 0 Å². The first-order valence-corrected chi connectivity index (χ1v) is 7.66. The van der Waals surface area contributed by atoms with Crippen molar-refractivity contribution in [3.63, 3.8) is 0 Å². The van der Waals surface area contributed by atoms with Crippen molar-refractivity contribution in [1.29, 1.82) is 0 Å². The minimum Gasteiger partial charge on any atom is -0.279 e. The van der Waals surface area contributed by atoms with Gasteiger partial charge in [0, 0.05) is 15.7 Å². The van der Waals surface area contributed by atoms with Crippen molar-refractivity contribution in [3.05, 3.63) is 51.3 Å². The number of hydrogen-bond acceptors (Lipinski definition) is 2. The average molecular weight is 371 g/mol. The van der Waals surface area contributed by atoms with Crippen LogP contribution >= 0.6 is 39.1 Å².